The molecule has 2 aromatic carbocycles. The summed E-state index contributed by atoms with van der Waals surface area (Å²) in [5.41, 5.74) is -1.54. The van der Waals surface area contributed by atoms with Crippen LogP contribution in [-0.2, 0) is 25.7 Å². The van der Waals surface area contributed by atoms with Crippen LogP contribution in [0.4, 0.5) is 18.9 Å². The van der Waals surface area contributed by atoms with E-state index in [0.29, 0.717) is 10.4 Å². The highest BCUT2D eigenvalue weighted by atomic mass is 35.5. The van der Waals surface area contributed by atoms with Gasteiger partial charge in [0.25, 0.3) is 10.0 Å². The van der Waals surface area contributed by atoms with Gasteiger partial charge in [0.15, 0.2) is 0 Å². The van der Waals surface area contributed by atoms with Crippen LogP contribution in [0.3, 0.4) is 0 Å². The molecule has 1 amide bonds. The number of nitrogens with zero attached hydrogens (tertiary/aromatic N) is 1. The van der Waals surface area contributed by atoms with Crippen LogP contribution in [0.1, 0.15) is 5.56 Å². The number of methoxy groups -OCH3 is 1. The molecule has 0 aliphatic heterocycles. The van der Waals surface area contributed by atoms with Crippen molar-refractivity contribution in [2.75, 3.05) is 31.1 Å². The highest BCUT2D eigenvalue weighted by Crippen LogP contribution is 2.37. The number of hydrogen-bond donors (Lipinski definition) is 1. The Morgan fingerprint density at radius 2 is 1.83 bits per heavy atom. The Hall–Kier alpha value is -2.30. The van der Waals surface area contributed by atoms with E-state index in [1.165, 1.54) is 31.4 Å². The quantitative estimate of drug-likeness (QED) is 0.626. The Morgan fingerprint density at radius 1 is 1.17 bits per heavy atom. The molecule has 0 unspecified atom stereocenters. The Balaban J connectivity index is 2.52. The molecule has 2 rings (SSSR count). The summed E-state index contributed by atoms with van der Waals surface area (Å²) in [5.74, 6) is -0.727. The number of rotatable bonds is 8. The van der Waals surface area contributed by atoms with Gasteiger partial charge in [-0.3, -0.25) is 9.10 Å². The summed E-state index contributed by atoms with van der Waals surface area (Å²) < 4.78 is 71.0. The number of benzene rings is 2. The maximum Gasteiger partial charge on any atom is 0.416 e. The van der Waals surface area contributed by atoms with Gasteiger partial charge in [0.05, 0.1) is 27.8 Å². The number of carbonyl (C=O) groups excluding carboxylic acids is 1. The number of carbonyl (C=O) groups is 1. The summed E-state index contributed by atoms with van der Waals surface area (Å²) in [6, 6.07) is 9.31. The van der Waals surface area contributed by atoms with E-state index >= 15 is 0 Å². The zero-order valence-corrected chi connectivity index (χ0v) is 16.8. The first-order valence-corrected chi connectivity index (χ1v) is 10.1. The summed E-state index contributed by atoms with van der Waals surface area (Å²) >= 11 is 6.02. The van der Waals surface area contributed by atoms with Crippen LogP contribution in [-0.4, -0.2) is 41.1 Å². The molecule has 0 fully saturated rings. The summed E-state index contributed by atoms with van der Waals surface area (Å²) in [5, 5.41) is 2.19. The van der Waals surface area contributed by atoms with Crippen molar-refractivity contribution in [1.29, 1.82) is 0 Å². The zero-order valence-electron chi connectivity index (χ0n) is 15.2. The third kappa shape index (κ3) is 5.84. The Bertz CT molecular complexity index is 953. The van der Waals surface area contributed by atoms with Gasteiger partial charge in [-0.25, -0.2) is 8.42 Å². The van der Waals surface area contributed by atoms with Gasteiger partial charge in [-0.2, -0.15) is 13.2 Å². The fourth-order valence-electron chi connectivity index (χ4n) is 2.38. The van der Waals surface area contributed by atoms with Gasteiger partial charge in [0.1, 0.15) is 6.54 Å². The Morgan fingerprint density at radius 3 is 2.41 bits per heavy atom. The summed E-state index contributed by atoms with van der Waals surface area (Å²) in [6.45, 7) is -0.478. The molecule has 1 N–H and O–H groups in total. The maximum absolute atomic E-state index is 13.1. The molecule has 0 saturated heterocycles. The number of hydrogen-bond acceptors (Lipinski definition) is 4. The third-order valence-electron chi connectivity index (χ3n) is 3.79. The number of nitrogens with one attached hydrogen (secondary N) is 1. The molecule has 0 spiro atoms. The van der Waals surface area contributed by atoms with Gasteiger partial charge in [-0.15, -0.1) is 0 Å². The summed E-state index contributed by atoms with van der Waals surface area (Å²) in [6.07, 6.45) is -4.72. The Kier molecular flexibility index (Phi) is 7.50. The molecule has 0 aliphatic carbocycles. The molecule has 158 valence electrons. The second kappa shape index (κ2) is 9.47. The lowest BCUT2D eigenvalue weighted by Crippen LogP contribution is -2.42. The smallest absolute Gasteiger partial charge is 0.383 e. The van der Waals surface area contributed by atoms with E-state index < -0.39 is 39.9 Å². The van der Waals surface area contributed by atoms with Crippen LogP contribution < -0.4 is 9.62 Å². The molecule has 6 nitrogen and oxygen atoms in total. The minimum atomic E-state index is -4.72. The van der Waals surface area contributed by atoms with Crippen molar-refractivity contribution >= 4 is 33.2 Å². The van der Waals surface area contributed by atoms with Crippen molar-refractivity contribution in [1.82, 2.24) is 5.32 Å². The average molecular weight is 451 g/mol. The van der Waals surface area contributed by atoms with Gasteiger partial charge in [-0.05, 0) is 30.3 Å². The van der Waals surface area contributed by atoms with E-state index in [2.05, 4.69) is 5.32 Å². The van der Waals surface area contributed by atoms with Gasteiger partial charge in [-0.1, -0.05) is 29.8 Å². The fourth-order valence-corrected chi connectivity index (χ4v) is 4.10. The van der Waals surface area contributed by atoms with Crippen molar-refractivity contribution in [2.24, 2.45) is 0 Å². The monoisotopic (exact) mass is 450 g/mol. The molecule has 0 heterocycles. The van der Waals surface area contributed by atoms with Gasteiger partial charge in [0, 0.05) is 13.7 Å². The normalized spacial score (nSPS) is 11.9. The van der Waals surface area contributed by atoms with E-state index in [1.807, 2.05) is 0 Å². The number of anilines is 1. The molecule has 0 aromatic heterocycles. The van der Waals surface area contributed by atoms with Crippen molar-refractivity contribution in [3.05, 3.63) is 59.1 Å². The van der Waals surface area contributed by atoms with Crippen molar-refractivity contribution in [3.63, 3.8) is 0 Å². The van der Waals surface area contributed by atoms with Crippen LogP contribution >= 0.6 is 11.6 Å². The third-order valence-corrected chi connectivity index (χ3v) is 5.88. The van der Waals surface area contributed by atoms with Crippen LogP contribution in [0, 0.1) is 0 Å². The number of ether oxygens (including phenoxy) is 1. The lowest BCUT2D eigenvalue weighted by molar-refractivity contribution is -0.137. The molecule has 0 radical (unpaired) electrons. The average Bonchev–Trinajstić information content (AvgIpc) is 2.66. The lowest BCUT2D eigenvalue weighted by Gasteiger charge is -2.25. The highest BCUT2D eigenvalue weighted by molar-refractivity contribution is 7.92. The molecule has 0 atom stereocenters. The lowest BCUT2D eigenvalue weighted by atomic mass is 10.2. The molecule has 2 aromatic rings. The molecule has 29 heavy (non-hydrogen) atoms. The minimum absolute atomic E-state index is 0.102. The molecule has 0 aliphatic rings. The van der Waals surface area contributed by atoms with E-state index in [9.17, 15) is 26.4 Å². The highest BCUT2D eigenvalue weighted by Gasteiger charge is 2.34. The van der Waals surface area contributed by atoms with Gasteiger partial charge < -0.3 is 10.1 Å². The van der Waals surface area contributed by atoms with Crippen LogP contribution in [0.15, 0.2) is 53.4 Å². The summed E-state index contributed by atoms with van der Waals surface area (Å²) in [7, 11) is -2.96. The minimum Gasteiger partial charge on any atom is -0.383 e. The number of alkyl halides is 3. The molecule has 0 saturated carbocycles. The van der Waals surface area contributed by atoms with Crippen LogP contribution in [0.2, 0.25) is 5.02 Å². The summed E-state index contributed by atoms with van der Waals surface area (Å²) in [4.78, 5) is 12.0. The first-order valence-electron chi connectivity index (χ1n) is 8.27. The van der Waals surface area contributed by atoms with Gasteiger partial charge in [0.2, 0.25) is 5.91 Å². The topological polar surface area (TPSA) is 75.7 Å². The maximum atomic E-state index is 13.1. The van der Waals surface area contributed by atoms with Crippen molar-refractivity contribution in [3.8, 4) is 0 Å². The van der Waals surface area contributed by atoms with Crippen molar-refractivity contribution < 1.29 is 31.1 Å². The number of sulfonamides is 1. The van der Waals surface area contributed by atoms with Gasteiger partial charge >= 0.3 is 6.18 Å². The standard InChI is InChI=1S/C18H18ClF3N2O4S/c1-28-10-9-23-17(25)12-24(29(26,27)14-5-3-2-4-6-14)16-11-13(18(20,21)22)7-8-15(16)19/h2-8,11H,9-10,12H2,1H3,(H,23,25). The van der Waals surface area contributed by atoms with Crippen molar-refractivity contribution in [2.45, 2.75) is 11.1 Å². The predicted octanol–water partition coefficient (Wildman–Crippen LogP) is 3.32. The van der Waals surface area contributed by atoms with Crippen LogP contribution in [0.25, 0.3) is 0 Å². The molecule has 11 heteroatoms. The second-order valence-electron chi connectivity index (χ2n) is 5.83. The first kappa shape index (κ1) is 23.0. The fraction of sp³-hybridized carbons (Fsp3) is 0.278. The predicted molar refractivity (Wildman–Crippen MR) is 102 cm³/mol. The van der Waals surface area contributed by atoms with Crippen LogP contribution in [0.5, 0.6) is 0 Å². The first-order chi connectivity index (χ1) is 13.6. The SMILES string of the molecule is COCCNC(=O)CN(c1cc(C(F)(F)F)ccc1Cl)S(=O)(=O)c1ccccc1. The van der Waals surface area contributed by atoms with E-state index in [4.69, 9.17) is 16.3 Å². The van der Waals surface area contributed by atoms with E-state index in [0.717, 1.165) is 12.1 Å². The molecule has 0 bridgehead atoms. The Labute approximate surface area is 171 Å². The largest absolute Gasteiger partial charge is 0.416 e. The van der Waals surface area contributed by atoms with E-state index in [-0.39, 0.29) is 23.1 Å². The zero-order chi connectivity index (χ0) is 21.7. The number of halogens is 4. The van der Waals surface area contributed by atoms with E-state index in [1.54, 1.807) is 6.07 Å². The molecular formula is C18H18ClF3N2O4S. The number of amides is 1. The second-order valence-corrected chi connectivity index (χ2v) is 8.10. The molecular weight excluding hydrogens is 433 g/mol.